The second-order valence-corrected chi connectivity index (χ2v) is 14.7. The number of rotatable bonds is 11. The number of hydrogen-bond donors (Lipinski definition) is 1. The second-order valence-electron chi connectivity index (χ2n) is 14.7. The zero-order valence-corrected chi connectivity index (χ0v) is 28.2. The van der Waals surface area contributed by atoms with E-state index in [1.54, 1.807) is 6.07 Å². The van der Waals surface area contributed by atoms with Crippen LogP contribution in [0.3, 0.4) is 0 Å². The maximum atomic E-state index is 16.2. The highest BCUT2D eigenvalue weighted by Gasteiger charge is 2.54. The summed E-state index contributed by atoms with van der Waals surface area (Å²) >= 11 is 0. The predicted octanol–water partition coefficient (Wildman–Crippen LogP) is 5.17. The van der Waals surface area contributed by atoms with Gasteiger partial charge in [-0.15, -0.1) is 0 Å². The molecule has 8 nitrogen and oxygen atoms in total. The number of alkyl halides is 1. The lowest BCUT2D eigenvalue weighted by Gasteiger charge is -2.54. The molecule has 0 unspecified atom stereocenters. The van der Waals surface area contributed by atoms with Crippen LogP contribution in [0.25, 0.3) is 0 Å². The van der Waals surface area contributed by atoms with Gasteiger partial charge in [0.05, 0.1) is 31.8 Å². The minimum absolute atomic E-state index is 0.0411. The van der Waals surface area contributed by atoms with Crippen molar-refractivity contribution in [3.05, 3.63) is 65.0 Å². The van der Waals surface area contributed by atoms with Gasteiger partial charge in [0.2, 0.25) is 0 Å². The molecule has 1 amide bonds. The number of carbonyl (C=O) groups excluding carboxylic acids is 1. The van der Waals surface area contributed by atoms with E-state index in [1.165, 1.54) is 19.6 Å². The Bertz CT molecular complexity index is 1450. The molecule has 0 aromatic heterocycles. The maximum absolute atomic E-state index is 16.2. The zero-order chi connectivity index (χ0) is 33.2. The molecule has 1 saturated carbocycles. The van der Waals surface area contributed by atoms with Crippen molar-refractivity contribution in [3.8, 4) is 6.07 Å². The summed E-state index contributed by atoms with van der Waals surface area (Å²) in [6.07, 6.45) is 5.41. The Labute approximate surface area is 278 Å². The first-order chi connectivity index (χ1) is 22.6. The van der Waals surface area contributed by atoms with Crippen molar-refractivity contribution in [2.24, 2.45) is 11.8 Å². The van der Waals surface area contributed by atoms with Crippen LogP contribution in [-0.2, 0) is 16.7 Å². The highest BCUT2D eigenvalue weighted by atomic mass is 19.1. The highest BCUT2D eigenvalue weighted by molar-refractivity contribution is 5.67. The van der Waals surface area contributed by atoms with Crippen molar-refractivity contribution in [1.82, 2.24) is 20.0 Å². The lowest BCUT2D eigenvalue weighted by molar-refractivity contribution is 0.00584. The molecular formula is C37H50F2N6O2. The number of piperidine rings is 1. The van der Waals surface area contributed by atoms with Gasteiger partial charge in [-0.3, -0.25) is 4.90 Å². The van der Waals surface area contributed by atoms with Crippen molar-refractivity contribution in [2.45, 2.75) is 62.2 Å². The first-order valence-electron chi connectivity index (χ1n) is 17.3. The molecular weight excluding hydrogens is 598 g/mol. The van der Waals surface area contributed by atoms with E-state index in [4.69, 9.17) is 4.74 Å². The smallest absolute Gasteiger partial charge is 0.407 e. The molecule has 1 aliphatic carbocycles. The number of nitrogens with zero attached hydrogens (tertiary/aromatic N) is 5. The van der Waals surface area contributed by atoms with E-state index in [-0.39, 0.29) is 29.1 Å². The SMILES string of the molecule is COC(=O)N[C@H]1CCC[C@@H]1[C@](CN1CCC1)(c1cccc(F)c1)C1CCN(CC2(F)CN(c3ccc(C#N)c(CN(C)C)c3)C2)CC1. The number of likely N-dealkylation sites (tertiary alicyclic amines) is 2. The molecule has 4 fully saturated rings. The van der Waals surface area contributed by atoms with Crippen molar-refractivity contribution in [1.29, 1.82) is 5.26 Å². The molecule has 3 atom stereocenters. The largest absolute Gasteiger partial charge is 0.453 e. The molecule has 10 heteroatoms. The lowest BCUT2D eigenvalue weighted by atomic mass is 9.57. The average molecular weight is 649 g/mol. The van der Waals surface area contributed by atoms with Gasteiger partial charge >= 0.3 is 6.09 Å². The van der Waals surface area contributed by atoms with E-state index in [1.807, 2.05) is 43.3 Å². The molecule has 0 radical (unpaired) electrons. The first-order valence-corrected chi connectivity index (χ1v) is 17.3. The number of amides is 1. The molecule has 47 heavy (non-hydrogen) atoms. The minimum Gasteiger partial charge on any atom is -0.453 e. The number of benzene rings is 2. The van der Waals surface area contributed by atoms with Crippen LogP contribution in [0, 0.1) is 29.0 Å². The topological polar surface area (TPSA) is 75.1 Å². The van der Waals surface area contributed by atoms with Crippen LogP contribution in [0.1, 0.15) is 55.2 Å². The van der Waals surface area contributed by atoms with E-state index in [0.717, 1.165) is 81.6 Å². The molecule has 3 saturated heterocycles. The molecule has 4 aliphatic rings. The summed E-state index contributed by atoms with van der Waals surface area (Å²) in [7, 11) is 5.36. The van der Waals surface area contributed by atoms with Crippen LogP contribution >= 0.6 is 0 Å². The van der Waals surface area contributed by atoms with Crippen LogP contribution in [0.15, 0.2) is 42.5 Å². The van der Waals surface area contributed by atoms with Gasteiger partial charge in [0.15, 0.2) is 5.67 Å². The molecule has 3 aliphatic heterocycles. The molecule has 3 heterocycles. The number of nitriles is 1. The number of methoxy groups -OCH3 is 1. The first kappa shape index (κ1) is 33.6. The van der Waals surface area contributed by atoms with Gasteiger partial charge in [0.1, 0.15) is 5.82 Å². The highest BCUT2D eigenvalue weighted by Crippen LogP contribution is 2.51. The molecule has 1 N–H and O–H groups in total. The van der Waals surface area contributed by atoms with Crippen LogP contribution in [0.2, 0.25) is 0 Å². The van der Waals surface area contributed by atoms with Gasteiger partial charge < -0.3 is 24.8 Å². The summed E-state index contributed by atoms with van der Waals surface area (Å²) in [6.45, 7) is 6.23. The summed E-state index contributed by atoms with van der Waals surface area (Å²) in [5.41, 5.74) is 1.98. The van der Waals surface area contributed by atoms with Crippen LogP contribution in [0.4, 0.5) is 19.3 Å². The zero-order valence-electron chi connectivity index (χ0n) is 28.2. The van der Waals surface area contributed by atoms with E-state index in [2.05, 4.69) is 32.2 Å². The van der Waals surface area contributed by atoms with Gasteiger partial charge in [-0.2, -0.15) is 5.26 Å². The Morgan fingerprint density at radius 3 is 2.47 bits per heavy atom. The van der Waals surface area contributed by atoms with Crippen molar-refractivity contribution in [2.75, 3.05) is 78.5 Å². The lowest BCUT2D eigenvalue weighted by Crippen LogP contribution is -2.65. The summed E-state index contributed by atoms with van der Waals surface area (Å²) in [6, 6.07) is 15.2. The summed E-state index contributed by atoms with van der Waals surface area (Å²) in [5.74, 6) is 0.194. The Morgan fingerprint density at radius 2 is 1.83 bits per heavy atom. The van der Waals surface area contributed by atoms with Crippen molar-refractivity contribution in [3.63, 3.8) is 0 Å². The Kier molecular flexibility index (Phi) is 10.1. The van der Waals surface area contributed by atoms with E-state index in [9.17, 15) is 14.4 Å². The fraction of sp³-hybridized carbons (Fsp3) is 0.622. The Morgan fingerprint density at radius 1 is 1.06 bits per heavy atom. The molecule has 6 rings (SSSR count). The monoisotopic (exact) mass is 648 g/mol. The fourth-order valence-electron chi connectivity index (χ4n) is 9.02. The Balaban J connectivity index is 1.17. The number of anilines is 1. The van der Waals surface area contributed by atoms with E-state index >= 15 is 4.39 Å². The number of ether oxygens (including phenoxy) is 1. The number of hydrogen-bond acceptors (Lipinski definition) is 7. The van der Waals surface area contributed by atoms with Gasteiger partial charge in [0.25, 0.3) is 0 Å². The summed E-state index contributed by atoms with van der Waals surface area (Å²) in [5, 5.41) is 12.7. The van der Waals surface area contributed by atoms with Crippen molar-refractivity contribution >= 4 is 11.8 Å². The van der Waals surface area contributed by atoms with Gasteiger partial charge in [-0.1, -0.05) is 18.6 Å². The van der Waals surface area contributed by atoms with Crippen molar-refractivity contribution < 1.29 is 18.3 Å². The quantitative estimate of drug-likeness (QED) is 0.361. The normalized spacial score (nSPS) is 24.7. The number of halogens is 2. The fourth-order valence-corrected chi connectivity index (χ4v) is 9.02. The number of nitrogens with one attached hydrogen (secondary N) is 1. The molecule has 2 aromatic carbocycles. The molecule has 0 spiro atoms. The maximum Gasteiger partial charge on any atom is 0.407 e. The summed E-state index contributed by atoms with van der Waals surface area (Å²) < 4.78 is 36.1. The molecule has 2 aromatic rings. The van der Waals surface area contributed by atoms with E-state index in [0.29, 0.717) is 31.7 Å². The number of alkyl carbamates (subject to hydrolysis) is 1. The minimum atomic E-state index is -1.29. The molecule has 0 bridgehead atoms. The standard InChI is InChI=1S/C37H50F2N6O2/c1-42(2)22-28-19-32(12-11-27(28)21-40)45-24-36(39,25-45)23-44-17-13-29(14-18-44)37(26-43-15-6-16-43,30-7-4-8-31(38)20-30)33-9-5-10-34(33)41-35(46)47-3/h4,7-8,11-12,19-20,29,33-34H,5-6,9-10,13-18,22-26H2,1-3H3,(H,41,46)/t33-,34-,37-/m0/s1. The Hall–Kier alpha value is -3.26. The summed E-state index contributed by atoms with van der Waals surface area (Å²) in [4.78, 5) is 21.3. The van der Waals surface area contributed by atoms with Crippen LogP contribution < -0.4 is 10.2 Å². The van der Waals surface area contributed by atoms with Gasteiger partial charge in [0, 0.05) is 36.8 Å². The molecule has 254 valence electrons. The number of carbonyl (C=O) groups is 1. The average Bonchev–Trinajstić information content (AvgIpc) is 3.48. The van der Waals surface area contributed by atoms with Gasteiger partial charge in [-0.05, 0) is 126 Å². The van der Waals surface area contributed by atoms with Gasteiger partial charge in [-0.25, -0.2) is 13.6 Å². The van der Waals surface area contributed by atoms with Crippen LogP contribution in [-0.4, -0.2) is 106 Å². The third kappa shape index (κ3) is 7.13. The second kappa shape index (κ2) is 14.1. The third-order valence-electron chi connectivity index (χ3n) is 11.3. The third-order valence-corrected chi connectivity index (χ3v) is 11.3. The van der Waals surface area contributed by atoms with E-state index < -0.39 is 11.8 Å². The van der Waals surface area contributed by atoms with Crippen LogP contribution in [0.5, 0.6) is 0 Å². The predicted molar refractivity (Wildman–Crippen MR) is 180 cm³/mol.